The first kappa shape index (κ1) is 60.1. The normalized spacial score (nSPS) is 9.94. The van der Waals surface area contributed by atoms with Gasteiger partial charge in [0.1, 0.15) is 23.0 Å². The highest BCUT2D eigenvalue weighted by Gasteiger charge is 2.09. The quantitative estimate of drug-likeness (QED) is 0.0374. The van der Waals surface area contributed by atoms with Gasteiger partial charge < -0.3 is 18.9 Å². The molecular weight excluding hydrogens is 869 g/mol. The Morgan fingerprint density at radius 1 is 0.391 bits per heavy atom. The molecule has 0 bridgehead atoms. The van der Waals surface area contributed by atoms with Crippen LogP contribution in [0.1, 0.15) is 170 Å². The van der Waals surface area contributed by atoms with E-state index in [0.717, 1.165) is 41.6 Å². The third-order valence-corrected chi connectivity index (χ3v) is 10.3. The third kappa shape index (κ3) is 27.5. The zero-order chi connectivity index (χ0) is 51.4. The van der Waals surface area contributed by atoms with E-state index in [1.807, 2.05) is 54.6 Å². The second kappa shape index (κ2) is 36.1. The summed E-state index contributed by atoms with van der Waals surface area (Å²) >= 11 is 0. The molecule has 0 aliphatic rings. The first-order chi connectivity index (χ1) is 33.1. The summed E-state index contributed by atoms with van der Waals surface area (Å²) in [5.41, 5.74) is 4.03. The lowest BCUT2D eigenvalue weighted by atomic mass is 10.0. The lowest BCUT2D eigenvalue weighted by Crippen LogP contribution is -2.02. The minimum absolute atomic E-state index is 0.0186. The molecule has 69 heavy (non-hydrogen) atoms. The molecule has 0 aliphatic heterocycles. The summed E-state index contributed by atoms with van der Waals surface area (Å²) in [5.74, 6) is 3.42. The molecule has 5 aromatic carbocycles. The van der Waals surface area contributed by atoms with E-state index in [1.165, 1.54) is 85.5 Å². The van der Waals surface area contributed by atoms with Crippen LogP contribution in [0, 0.1) is 0 Å². The molecule has 10 nitrogen and oxygen atoms in total. The van der Waals surface area contributed by atoms with Gasteiger partial charge in [0, 0.05) is 27.8 Å². The average molecular weight is 943 g/mol. The van der Waals surface area contributed by atoms with E-state index in [1.54, 1.807) is 114 Å². The summed E-state index contributed by atoms with van der Waals surface area (Å²) in [6, 6.07) is 35.9. The number of rotatable bonds is 22. The maximum atomic E-state index is 11.0. The van der Waals surface area contributed by atoms with Gasteiger partial charge in [0.25, 0.3) is 0 Å². The van der Waals surface area contributed by atoms with Crippen molar-refractivity contribution in [1.82, 2.24) is 0 Å². The standard InChI is InChI=1S/C22H34O2.2C10H10O2.C9H10O2.C8H10O2/c1-3-4-5-6-7-8-9-10-11-12-19-24-22-17-15-21(16-18-22)14-13-20(2)23;1-7(11)9-3-5-10(6-4-9)8(2)12;1-7(11)9-5-3-4-6-10(9)8(2)12;1-7(10)8-3-5-9(11-2)6-4-8;1-9-7-3-5-8(10-2)6-4-7/h13-18H,3-12,19H2,1-2H3;2*3-6H,1-2H3;3-6H,1-2H3;3-6H,1-2H3/b14-13+;;;;. The van der Waals surface area contributed by atoms with Gasteiger partial charge in [-0.05, 0) is 120 Å². The monoisotopic (exact) mass is 943 g/mol. The number of unbranched alkanes of at least 4 members (excludes halogenated alkanes) is 9. The molecule has 0 spiro atoms. The van der Waals surface area contributed by atoms with Gasteiger partial charge in [0.05, 0.1) is 27.9 Å². The molecular formula is C59H74O10. The van der Waals surface area contributed by atoms with E-state index in [0.29, 0.717) is 27.8 Å². The number of ether oxygens (including phenoxy) is 4. The van der Waals surface area contributed by atoms with Crippen LogP contribution < -0.4 is 18.9 Å². The van der Waals surface area contributed by atoms with Crippen LogP contribution >= 0.6 is 0 Å². The number of hydrogen-bond donors (Lipinski definition) is 0. The maximum absolute atomic E-state index is 11.0. The van der Waals surface area contributed by atoms with Gasteiger partial charge >= 0.3 is 0 Å². The number of benzene rings is 5. The fourth-order valence-corrected chi connectivity index (χ4v) is 6.24. The molecule has 5 rings (SSSR count). The van der Waals surface area contributed by atoms with Gasteiger partial charge in [-0.25, -0.2) is 0 Å². The Morgan fingerprint density at radius 3 is 1.03 bits per heavy atom. The molecule has 0 saturated carbocycles. The van der Waals surface area contributed by atoms with Crippen LogP contribution in [0.15, 0.2) is 127 Å². The number of Topliss-reactive ketones (excluding diaryl/α,β-unsaturated/α-hetero) is 5. The molecule has 5 aromatic rings. The van der Waals surface area contributed by atoms with Crippen LogP contribution in [0.25, 0.3) is 6.08 Å². The van der Waals surface area contributed by atoms with E-state index >= 15 is 0 Å². The minimum Gasteiger partial charge on any atom is -0.497 e. The molecule has 0 atom stereocenters. The van der Waals surface area contributed by atoms with Crippen LogP contribution in [0.3, 0.4) is 0 Å². The van der Waals surface area contributed by atoms with E-state index in [9.17, 15) is 28.8 Å². The molecule has 10 heteroatoms. The summed E-state index contributed by atoms with van der Waals surface area (Å²) in [5, 5.41) is 0. The number of methoxy groups -OCH3 is 3. The van der Waals surface area contributed by atoms with Crippen LogP contribution in [-0.2, 0) is 4.79 Å². The van der Waals surface area contributed by atoms with Crippen molar-refractivity contribution in [3.05, 3.63) is 161 Å². The van der Waals surface area contributed by atoms with E-state index in [4.69, 9.17) is 18.9 Å². The van der Waals surface area contributed by atoms with Crippen molar-refractivity contribution in [3.63, 3.8) is 0 Å². The van der Waals surface area contributed by atoms with Crippen LogP contribution in [0.4, 0.5) is 0 Å². The first-order valence-electron chi connectivity index (χ1n) is 23.5. The van der Waals surface area contributed by atoms with Gasteiger partial charge in [0.2, 0.25) is 0 Å². The molecule has 0 radical (unpaired) electrons. The number of hydrogen-bond acceptors (Lipinski definition) is 10. The van der Waals surface area contributed by atoms with Crippen molar-refractivity contribution in [2.24, 2.45) is 0 Å². The summed E-state index contributed by atoms with van der Waals surface area (Å²) in [6.45, 7) is 12.1. The van der Waals surface area contributed by atoms with Gasteiger partial charge in [0.15, 0.2) is 34.7 Å². The van der Waals surface area contributed by atoms with Crippen molar-refractivity contribution < 1.29 is 47.7 Å². The summed E-state index contributed by atoms with van der Waals surface area (Å²) in [6.07, 6.45) is 16.8. The number of ketones is 6. The Morgan fingerprint density at radius 2 is 0.710 bits per heavy atom. The van der Waals surface area contributed by atoms with Gasteiger partial charge in [-0.2, -0.15) is 0 Å². The van der Waals surface area contributed by atoms with Crippen molar-refractivity contribution in [3.8, 4) is 23.0 Å². The maximum Gasteiger partial charge on any atom is 0.160 e. The zero-order valence-electron chi connectivity index (χ0n) is 42.6. The van der Waals surface area contributed by atoms with E-state index < -0.39 is 0 Å². The highest BCUT2D eigenvalue weighted by atomic mass is 16.5. The van der Waals surface area contributed by atoms with Crippen molar-refractivity contribution in [2.45, 2.75) is 113 Å². The van der Waals surface area contributed by atoms with Gasteiger partial charge in [-0.3, -0.25) is 28.8 Å². The molecule has 0 amide bonds. The average Bonchev–Trinajstić information content (AvgIpc) is 3.36. The lowest BCUT2D eigenvalue weighted by Gasteiger charge is -2.06. The van der Waals surface area contributed by atoms with Gasteiger partial charge in [-0.1, -0.05) is 131 Å². The summed E-state index contributed by atoms with van der Waals surface area (Å²) in [7, 11) is 4.88. The molecule has 0 fully saturated rings. The Labute approximate surface area is 411 Å². The Hall–Kier alpha value is -6.94. The largest absolute Gasteiger partial charge is 0.497 e. The van der Waals surface area contributed by atoms with E-state index in [-0.39, 0.29) is 34.7 Å². The van der Waals surface area contributed by atoms with Crippen LogP contribution in [-0.4, -0.2) is 62.6 Å². The predicted octanol–water partition coefficient (Wildman–Crippen LogP) is 14.4. The van der Waals surface area contributed by atoms with Crippen molar-refractivity contribution in [1.29, 1.82) is 0 Å². The van der Waals surface area contributed by atoms with E-state index in [2.05, 4.69) is 6.92 Å². The summed E-state index contributed by atoms with van der Waals surface area (Å²) in [4.78, 5) is 65.4. The second-order valence-corrected chi connectivity index (χ2v) is 16.1. The molecule has 0 N–H and O–H groups in total. The fraction of sp³-hybridized carbons (Fsp3) is 0.356. The number of carbonyl (C=O) groups excluding carboxylic acids is 6. The van der Waals surface area contributed by atoms with Crippen LogP contribution in [0.2, 0.25) is 0 Å². The second-order valence-electron chi connectivity index (χ2n) is 16.1. The topological polar surface area (TPSA) is 139 Å². The Balaban J connectivity index is 0.000000453. The fourth-order valence-electron chi connectivity index (χ4n) is 6.24. The lowest BCUT2D eigenvalue weighted by molar-refractivity contribution is -0.112. The third-order valence-electron chi connectivity index (χ3n) is 10.3. The number of allylic oxidation sites excluding steroid dienone is 1. The molecule has 0 aromatic heterocycles. The molecule has 0 unspecified atom stereocenters. The first-order valence-corrected chi connectivity index (χ1v) is 23.5. The van der Waals surface area contributed by atoms with Crippen molar-refractivity contribution in [2.75, 3.05) is 27.9 Å². The highest BCUT2D eigenvalue weighted by molar-refractivity contribution is 6.07. The molecule has 0 saturated heterocycles. The minimum atomic E-state index is -0.0687. The molecule has 370 valence electrons. The molecule has 0 heterocycles. The van der Waals surface area contributed by atoms with Crippen LogP contribution in [0.5, 0.6) is 23.0 Å². The molecule has 0 aliphatic carbocycles. The van der Waals surface area contributed by atoms with Gasteiger partial charge in [-0.15, -0.1) is 0 Å². The number of carbonyl (C=O) groups is 6. The smallest absolute Gasteiger partial charge is 0.160 e. The Kier molecular flexibility index (Phi) is 31.5. The predicted molar refractivity (Wildman–Crippen MR) is 279 cm³/mol. The summed E-state index contributed by atoms with van der Waals surface area (Å²) < 4.78 is 20.6. The SMILES string of the molecule is CC(=O)c1ccc(C(C)=O)cc1.CC(=O)c1ccccc1C(C)=O.CCCCCCCCCCCCOc1ccc(/C=C/C(C)=O)cc1.COc1ccc(C(C)=O)cc1.COc1ccc(OC)cc1. The Bertz CT molecular complexity index is 2200. The van der Waals surface area contributed by atoms with Crippen molar-refractivity contribution >= 4 is 40.8 Å². The zero-order valence-corrected chi connectivity index (χ0v) is 42.6. The highest BCUT2D eigenvalue weighted by Crippen LogP contribution is 2.17.